The van der Waals surface area contributed by atoms with Crippen LogP contribution in [0.15, 0.2) is 48.2 Å². The molecule has 0 aromatic heterocycles. The van der Waals surface area contributed by atoms with Gasteiger partial charge in [-0.3, -0.25) is 4.99 Å². The number of halogens is 5. The van der Waals surface area contributed by atoms with Gasteiger partial charge in [-0.25, -0.2) is 14.2 Å². The molecule has 0 unspecified atom stereocenters. The second-order valence-electron chi connectivity index (χ2n) is 8.43. The van der Waals surface area contributed by atoms with Gasteiger partial charge in [0.2, 0.25) is 6.43 Å². The summed E-state index contributed by atoms with van der Waals surface area (Å²) in [5.41, 5.74) is 7.34. The van der Waals surface area contributed by atoms with Crippen LogP contribution in [0.5, 0.6) is 0 Å². The lowest BCUT2D eigenvalue weighted by molar-refractivity contribution is -0.153. The average molecular weight is 540 g/mol. The van der Waals surface area contributed by atoms with Gasteiger partial charge in [0, 0.05) is 36.3 Å². The van der Waals surface area contributed by atoms with Crippen LogP contribution in [0.2, 0.25) is 0 Å². The molecule has 0 radical (unpaired) electrons. The van der Waals surface area contributed by atoms with Crippen LogP contribution in [-0.4, -0.2) is 36.9 Å². The summed E-state index contributed by atoms with van der Waals surface area (Å²) < 4.78 is 63.5. The van der Waals surface area contributed by atoms with E-state index >= 15 is 0 Å². The molecular formula is C28H38F5N5. The summed E-state index contributed by atoms with van der Waals surface area (Å²) in [7, 11) is 0. The number of aliphatic imine (C=N–C) groups is 1. The Hall–Kier alpha value is -3.37. The summed E-state index contributed by atoms with van der Waals surface area (Å²) >= 11 is 0. The number of nitrogens with zero attached hydrogens (tertiary/aromatic N) is 3. The van der Waals surface area contributed by atoms with Gasteiger partial charge in [-0.1, -0.05) is 25.1 Å². The zero-order valence-corrected chi connectivity index (χ0v) is 22.2. The highest BCUT2D eigenvalue weighted by molar-refractivity contribution is 5.89. The van der Waals surface area contributed by atoms with Crippen LogP contribution in [0.25, 0.3) is 0 Å². The second kappa shape index (κ2) is 18.8. The van der Waals surface area contributed by atoms with Gasteiger partial charge < -0.3 is 10.3 Å². The third kappa shape index (κ3) is 12.7. The monoisotopic (exact) mass is 539 g/mol. The van der Waals surface area contributed by atoms with E-state index in [1.165, 1.54) is 12.4 Å². The van der Waals surface area contributed by atoms with Gasteiger partial charge in [0.05, 0.1) is 19.0 Å². The SMILES string of the molecule is C#C.C=CC.CCC(CN(c1cc(CC(F)F)ccc1CC#N)C1CCC1)=N/C=C/NN[C@@H](C)C(F)(F)F. The molecule has 1 saturated carbocycles. The molecule has 1 aromatic carbocycles. The first-order chi connectivity index (χ1) is 18.1. The third-order valence-electron chi connectivity index (χ3n) is 5.60. The molecule has 0 amide bonds. The predicted octanol–water partition coefficient (Wildman–Crippen LogP) is 6.73. The van der Waals surface area contributed by atoms with Crippen molar-refractivity contribution in [1.29, 1.82) is 5.26 Å². The number of terminal acetylenes is 1. The Balaban J connectivity index is 0.00000255. The summed E-state index contributed by atoms with van der Waals surface area (Å²) in [4.78, 5) is 6.50. The number of hydrogen-bond acceptors (Lipinski definition) is 5. The number of benzene rings is 1. The van der Waals surface area contributed by atoms with Crippen molar-refractivity contribution >= 4 is 11.4 Å². The van der Waals surface area contributed by atoms with Crippen molar-refractivity contribution in [3.63, 3.8) is 0 Å². The van der Waals surface area contributed by atoms with E-state index in [0.717, 1.165) is 43.1 Å². The van der Waals surface area contributed by atoms with Crippen molar-refractivity contribution in [2.45, 2.75) is 84.0 Å². The largest absolute Gasteiger partial charge is 0.405 e. The van der Waals surface area contributed by atoms with Crippen molar-refractivity contribution in [3.05, 3.63) is 54.4 Å². The minimum absolute atomic E-state index is 0.166. The Morgan fingerprint density at radius 2 is 1.95 bits per heavy atom. The lowest BCUT2D eigenvalue weighted by atomic mass is 9.89. The quantitative estimate of drug-likeness (QED) is 0.102. The summed E-state index contributed by atoms with van der Waals surface area (Å²) in [6, 6.07) is 5.76. The minimum atomic E-state index is -4.36. The second-order valence-corrected chi connectivity index (χ2v) is 8.43. The standard InChI is InChI=1S/C23H30F5N5.C3H6.C2H2/c1-3-19(30-11-12-31-32-16(2)23(26,27)28)15-33(20-5-4-6-20)21-13-17(14-22(24)25)7-8-18(21)9-10-29;1-3-2;1-2/h7-8,11-13,16,20,22,31-32H,3-6,9,14-15H2,1-2H3;3H,1H2,2H3;1-2H/b12-11+,30-19?;;/t16-;;/m0../s1. The van der Waals surface area contributed by atoms with Crippen LogP contribution in [0.3, 0.4) is 0 Å². The highest BCUT2D eigenvalue weighted by Gasteiger charge is 2.35. The summed E-state index contributed by atoms with van der Waals surface area (Å²) in [5, 5.41) is 9.23. The lowest BCUT2D eigenvalue weighted by Gasteiger charge is -2.40. The zero-order chi connectivity index (χ0) is 29.1. The van der Waals surface area contributed by atoms with E-state index in [2.05, 4.69) is 46.2 Å². The van der Waals surface area contributed by atoms with E-state index in [-0.39, 0.29) is 18.9 Å². The predicted molar refractivity (Wildman–Crippen MR) is 145 cm³/mol. The first-order valence-electron chi connectivity index (χ1n) is 12.3. The fourth-order valence-electron chi connectivity index (χ4n) is 3.40. The van der Waals surface area contributed by atoms with Crippen molar-refractivity contribution < 1.29 is 22.0 Å². The highest BCUT2D eigenvalue weighted by atomic mass is 19.4. The van der Waals surface area contributed by atoms with E-state index in [9.17, 15) is 27.2 Å². The van der Waals surface area contributed by atoms with Crippen LogP contribution in [-0.2, 0) is 12.8 Å². The number of hydrazine groups is 1. The fraction of sp³-hybridized carbons (Fsp3) is 0.500. The normalized spacial score (nSPS) is 14.3. The van der Waals surface area contributed by atoms with Gasteiger partial charge >= 0.3 is 6.18 Å². The molecule has 0 saturated heterocycles. The molecule has 210 valence electrons. The van der Waals surface area contributed by atoms with Crippen molar-refractivity contribution in [3.8, 4) is 18.9 Å². The minimum Gasteiger partial charge on any atom is -0.363 e. The zero-order valence-electron chi connectivity index (χ0n) is 22.2. The fourth-order valence-corrected chi connectivity index (χ4v) is 3.40. The molecule has 2 rings (SSSR count). The Kier molecular flexibility index (Phi) is 17.1. The first kappa shape index (κ1) is 34.6. The van der Waals surface area contributed by atoms with E-state index in [4.69, 9.17) is 0 Å². The lowest BCUT2D eigenvalue weighted by Crippen LogP contribution is -2.45. The van der Waals surface area contributed by atoms with E-state index in [1.807, 2.05) is 13.8 Å². The van der Waals surface area contributed by atoms with E-state index in [0.29, 0.717) is 18.5 Å². The van der Waals surface area contributed by atoms with Crippen LogP contribution >= 0.6 is 0 Å². The molecule has 1 aliphatic carbocycles. The molecule has 5 nitrogen and oxygen atoms in total. The van der Waals surface area contributed by atoms with E-state index < -0.39 is 18.6 Å². The topological polar surface area (TPSA) is 63.5 Å². The maximum Gasteiger partial charge on any atom is 0.405 e. The number of rotatable bonds is 12. The molecule has 1 fully saturated rings. The summed E-state index contributed by atoms with van der Waals surface area (Å²) in [6.07, 6.45) is 8.99. The number of allylic oxidation sites excluding steroid dienone is 1. The molecular weight excluding hydrogens is 501 g/mol. The van der Waals surface area contributed by atoms with Gasteiger partial charge in [-0.15, -0.1) is 19.4 Å². The first-order valence-corrected chi connectivity index (χ1v) is 12.3. The van der Waals surface area contributed by atoms with Crippen molar-refractivity contribution in [2.24, 2.45) is 4.99 Å². The van der Waals surface area contributed by atoms with Gasteiger partial charge in [-0.2, -0.15) is 18.4 Å². The maximum absolute atomic E-state index is 13.0. The van der Waals surface area contributed by atoms with Crippen LogP contribution in [0, 0.1) is 24.2 Å². The molecule has 1 aliphatic rings. The molecule has 2 N–H and O–H groups in total. The van der Waals surface area contributed by atoms with Gasteiger partial charge in [-0.05, 0) is 56.7 Å². The number of nitriles is 1. The summed E-state index contributed by atoms with van der Waals surface area (Å²) in [5.74, 6) is 0. The number of hydrogen-bond donors (Lipinski definition) is 2. The van der Waals surface area contributed by atoms with Crippen LogP contribution in [0.1, 0.15) is 57.6 Å². The smallest absolute Gasteiger partial charge is 0.363 e. The van der Waals surface area contributed by atoms with Crippen molar-refractivity contribution in [1.82, 2.24) is 10.9 Å². The van der Waals surface area contributed by atoms with Gasteiger partial charge in [0.1, 0.15) is 6.04 Å². The molecule has 0 spiro atoms. The van der Waals surface area contributed by atoms with Gasteiger partial charge in [0.25, 0.3) is 0 Å². The Labute approximate surface area is 223 Å². The number of nitrogens with one attached hydrogen (secondary N) is 2. The Bertz CT molecular complexity index is 943. The third-order valence-corrected chi connectivity index (χ3v) is 5.60. The van der Waals surface area contributed by atoms with Crippen molar-refractivity contribution in [2.75, 3.05) is 11.4 Å². The molecule has 0 heterocycles. The molecule has 38 heavy (non-hydrogen) atoms. The average Bonchev–Trinajstić information content (AvgIpc) is 2.83. The molecule has 1 atom stereocenters. The van der Waals surface area contributed by atoms with E-state index in [1.54, 1.807) is 24.3 Å². The highest BCUT2D eigenvalue weighted by Crippen LogP contribution is 2.33. The molecule has 1 aromatic rings. The maximum atomic E-state index is 13.0. The molecule has 0 aliphatic heterocycles. The van der Waals surface area contributed by atoms with Gasteiger partial charge in [0.15, 0.2) is 0 Å². The Morgan fingerprint density at radius 3 is 2.42 bits per heavy atom. The Morgan fingerprint density at radius 1 is 1.32 bits per heavy atom. The number of alkyl halides is 5. The summed E-state index contributed by atoms with van der Waals surface area (Å²) in [6.45, 7) is 8.61. The molecule has 10 heteroatoms. The van der Waals surface area contributed by atoms with Crippen LogP contribution in [0.4, 0.5) is 27.6 Å². The number of anilines is 1. The van der Waals surface area contributed by atoms with Crippen LogP contribution < -0.4 is 15.8 Å². The molecule has 0 bridgehead atoms.